The molecule has 6 nitrogen and oxygen atoms in total. The van der Waals surface area contributed by atoms with Crippen molar-refractivity contribution >= 4 is 23.8 Å². The van der Waals surface area contributed by atoms with E-state index in [1.165, 1.54) is 7.11 Å². The number of hydrogen-bond acceptors (Lipinski definition) is 4. The third kappa shape index (κ3) is 4.11. The number of aromatic carboxylic acids is 1. The van der Waals surface area contributed by atoms with Gasteiger partial charge in [0.1, 0.15) is 0 Å². The van der Waals surface area contributed by atoms with E-state index in [9.17, 15) is 14.7 Å². The van der Waals surface area contributed by atoms with E-state index in [2.05, 4.69) is 9.56 Å². The van der Waals surface area contributed by atoms with E-state index >= 15 is 0 Å². The summed E-state index contributed by atoms with van der Waals surface area (Å²) in [5.41, 5.74) is 6.11. The lowest BCUT2D eigenvalue weighted by atomic mass is 10.1. The van der Waals surface area contributed by atoms with E-state index in [0.717, 1.165) is 28.2 Å². The van der Waals surface area contributed by atoms with Crippen LogP contribution in [0.25, 0.3) is 5.69 Å². The Morgan fingerprint density at radius 1 is 1.03 bits per heavy atom. The lowest BCUT2D eigenvalue weighted by molar-refractivity contribution is 0.0600. The summed E-state index contributed by atoms with van der Waals surface area (Å²) in [6, 6.07) is 14.0. The van der Waals surface area contributed by atoms with E-state index in [-0.39, 0.29) is 5.56 Å². The van der Waals surface area contributed by atoms with Gasteiger partial charge in [0.15, 0.2) is 0 Å². The number of methoxy groups -OCH3 is 1. The van der Waals surface area contributed by atoms with Crippen molar-refractivity contribution in [2.75, 3.05) is 7.11 Å². The van der Waals surface area contributed by atoms with Crippen molar-refractivity contribution in [3.05, 3.63) is 82.2 Å². The Morgan fingerprint density at radius 2 is 1.79 bits per heavy atom. The Labute approximate surface area is 169 Å². The number of ether oxygens (including phenoxy) is 1. The van der Waals surface area contributed by atoms with Crippen LogP contribution in [0.4, 0.5) is 5.69 Å². The number of hydrogen-bond donors (Lipinski definition) is 1. The Hall–Kier alpha value is -3.67. The number of rotatable bonds is 5. The van der Waals surface area contributed by atoms with E-state index in [1.54, 1.807) is 36.5 Å². The van der Waals surface area contributed by atoms with Gasteiger partial charge in [-0.1, -0.05) is 6.07 Å². The minimum Gasteiger partial charge on any atom is -0.478 e. The molecule has 0 spiro atoms. The number of nitrogens with zero attached hydrogens (tertiary/aromatic N) is 2. The first-order chi connectivity index (χ1) is 13.8. The van der Waals surface area contributed by atoms with Crippen molar-refractivity contribution in [3.63, 3.8) is 0 Å². The fourth-order valence-electron chi connectivity index (χ4n) is 3.30. The number of aryl methyl sites for hydroxylation is 2. The third-order valence-electron chi connectivity index (χ3n) is 4.77. The fourth-order valence-corrected chi connectivity index (χ4v) is 3.30. The molecule has 2 aromatic carbocycles. The monoisotopic (exact) mass is 390 g/mol. The first kappa shape index (κ1) is 20.1. The average Bonchev–Trinajstić information content (AvgIpc) is 2.99. The van der Waals surface area contributed by atoms with Gasteiger partial charge in [-0.25, -0.2) is 9.59 Å². The first-order valence-electron chi connectivity index (χ1n) is 9.07. The molecule has 0 aliphatic heterocycles. The number of carbonyl (C=O) groups excluding carboxylic acids is 1. The Balaban J connectivity index is 1.96. The second-order valence-electron chi connectivity index (χ2n) is 6.77. The van der Waals surface area contributed by atoms with Crippen LogP contribution >= 0.6 is 0 Å². The van der Waals surface area contributed by atoms with Crippen LogP contribution in [0, 0.1) is 20.8 Å². The molecule has 0 saturated carbocycles. The lowest BCUT2D eigenvalue weighted by Crippen LogP contribution is -2.04. The zero-order valence-electron chi connectivity index (χ0n) is 16.8. The molecule has 0 atom stereocenters. The van der Waals surface area contributed by atoms with Gasteiger partial charge in [-0.05, 0) is 68.8 Å². The largest absolute Gasteiger partial charge is 0.478 e. The third-order valence-corrected chi connectivity index (χ3v) is 4.77. The van der Waals surface area contributed by atoms with Gasteiger partial charge in [0, 0.05) is 28.9 Å². The summed E-state index contributed by atoms with van der Waals surface area (Å²) in [5.74, 6) is -1.34. The molecule has 0 unspecified atom stereocenters. The molecular weight excluding hydrogens is 368 g/mol. The molecule has 3 rings (SSSR count). The van der Waals surface area contributed by atoms with Gasteiger partial charge in [0.05, 0.1) is 23.9 Å². The van der Waals surface area contributed by atoms with Crippen molar-refractivity contribution in [1.82, 2.24) is 4.57 Å². The van der Waals surface area contributed by atoms with Crippen LogP contribution in [0.15, 0.2) is 53.5 Å². The van der Waals surface area contributed by atoms with Crippen LogP contribution in [0.3, 0.4) is 0 Å². The zero-order chi connectivity index (χ0) is 21.1. The normalized spacial score (nSPS) is 11.0. The highest BCUT2D eigenvalue weighted by molar-refractivity contribution is 5.91. The number of aliphatic imine (C=N–C) groups is 1. The number of carboxylic acid groups (broad SMARTS) is 1. The lowest BCUT2D eigenvalue weighted by Gasteiger charge is -2.13. The quantitative estimate of drug-likeness (QED) is 0.508. The van der Waals surface area contributed by atoms with Crippen LogP contribution in [0.1, 0.15) is 43.2 Å². The SMILES string of the molecule is COC(=O)c1cccc(N=Cc2cc(C)n(-c3ccc(C(=O)O)cc3C)c2C)c1. The topological polar surface area (TPSA) is 80.9 Å². The Bertz CT molecular complexity index is 1130. The fraction of sp³-hybridized carbons (Fsp3) is 0.174. The van der Waals surface area contributed by atoms with Gasteiger partial charge in [-0.3, -0.25) is 4.99 Å². The number of aromatic nitrogens is 1. The first-order valence-corrected chi connectivity index (χ1v) is 9.07. The molecule has 3 aromatic rings. The molecule has 0 fully saturated rings. The van der Waals surface area contributed by atoms with E-state index in [4.69, 9.17) is 4.74 Å². The minimum atomic E-state index is -0.942. The molecule has 0 amide bonds. The number of benzene rings is 2. The van der Waals surface area contributed by atoms with Gasteiger partial charge in [-0.2, -0.15) is 0 Å². The molecule has 0 aliphatic rings. The summed E-state index contributed by atoms with van der Waals surface area (Å²) in [6.07, 6.45) is 1.76. The maximum absolute atomic E-state index is 11.7. The summed E-state index contributed by atoms with van der Waals surface area (Å²) >= 11 is 0. The molecule has 1 aromatic heterocycles. The molecule has 29 heavy (non-hydrogen) atoms. The predicted octanol–water partition coefficient (Wildman–Crippen LogP) is 4.64. The molecule has 0 radical (unpaired) electrons. The molecule has 1 N–H and O–H groups in total. The summed E-state index contributed by atoms with van der Waals surface area (Å²) < 4.78 is 6.82. The van der Waals surface area contributed by atoms with Crippen LogP contribution in [-0.2, 0) is 4.74 Å². The van der Waals surface area contributed by atoms with Crippen LogP contribution in [0.5, 0.6) is 0 Å². The molecule has 6 heteroatoms. The second-order valence-corrected chi connectivity index (χ2v) is 6.77. The number of esters is 1. The molecule has 0 aliphatic carbocycles. The van der Waals surface area contributed by atoms with Crippen molar-refractivity contribution in [3.8, 4) is 5.69 Å². The van der Waals surface area contributed by atoms with Gasteiger partial charge >= 0.3 is 11.9 Å². The molecule has 148 valence electrons. The summed E-state index contributed by atoms with van der Waals surface area (Å²) in [5, 5.41) is 9.18. The van der Waals surface area contributed by atoms with Crippen molar-refractivity contribution in [2.24, 2.45) is 4.99 Å². The maximum atomic E-state index is 11.7. The van der Waals surface area contributed by atoms with E-state index in [1.807, 2.05) is 39.0 Å². The zero-order valence-corrected chi connectivity index (χ0v) is 16.8. The highest BCUT2D eigenvalue weighted by Gasteiger charge is 2.13. The smallest absolute Gasteiger partial charge is 0.337 e. The standard InChI is InChI=1S/C23H22N2O4/c1-14-10-17(22(26)27)8-9-21(14)25-15(2)11-19(16(25)3)13-24-20-7-5-6-18(12-20)23(28)29-4/h5-13H,1-4H3,(H,26,27). The molecule has 0 saturated heterocycles. The van der Waals surface area contributed by atoms with Gasteiger partial charge in [0.2, 0.25) is 0 Å². The second kappa shape index (κ2) is 8.14. The van der Waals surface area contributed by atoms with Crippen molar-refractivity contribution in [2.45, 2.75) is 20.8 Å². The highest BCUT2D eigenvalue weighted by atomic mass is 16.5. The van der Waals surface area contributed by atoms with Gasteiger partial charge in [-0.15, -0.1) is 0 Å². The average molecular weight is 390 g/mol. The minimum absolute atomic E-state index is 0.265. The van der Waals surface area contributed by atoms with Gasteiger partial charge in [0.25, 0.3) is 0 Å². The Kier molecular flexibility index (Phi) is 5.64. The van der Waals surface area contributed by atoms with E-state index < -0.39 is 11.9 Å². The van der Waals surface area contributed by atoms with Crippen LogP contribution in [-0.4, -0.2) is 34.9 Å². The van der Waals surface area contributed by atoms with E-state index in [0.29, 0.717) is 11.3 Å². The summed E-state index contributed by atoms with van der Waals surface area (Å²) in [7, 11) is 1.35. The molecule has 0 bridgehead atoms. The summed E-state index contributed by atoms with van der Waals surface area (Å²) in [4.78, 5) is 27.4. The van der Waals surface area contributed by atoms with Crippen LogP contribution in [0.2, 0.25) is 0 Å². The molecular formula is C23H22N2O4. The summed E-state index contributed by atoms with van der Waals surface area (Å²) in [6.45, 7) is 5.88. The number of carbonyl (C=O) groups is 2. The van der Waals surface area contributed by atoms with Crippen molar-refractivity contribution < 1.29 is 19.4 Å². The van der Waals surface area contributed by atoms with Crippen molar-refractivity contribution in [1.29, 1.82) is 0 Å². The Morgan fingerprint density at radius 3 is 2.45 bits per heavy atom. The maximum Gasteiger partial charge on any atom is 0.337 e. The van der Waals surface area contributed by atoms with Gasteiger partial charge < -0.3 is 14.4 Å². The van der Waals surface area contributed by atoms with Crippen LogP contribution < -0.4 is 0 Å². The predicted molar refractivity (Wildman–Crippen MR) is 112 cm³/mol. The highest BCUT2D eigenvalue weighted by Crippen LogP contribution is 2.24. The molecule has 1 heterocycles. The number of carboxylic acids is 1.